The molecule has 24 heavy (non-hydrogen) atoms. The van der Waals surface area contributed by atoms with E-state index in [1.54, 1.807) is 14.2 Å². The number of nitrogens with one attached hydrogen (secondary N) is 3. The second-order valence-electron chi connectivity index (χ2n) is 5.34. The molecular formula is C17H28N4O3. The van der Waals surface area contributed by atoms with E-state index in [4.69, 9.17) is 9.47 Å². The molecule has 0 saturated heterocycles. The predicted octanol–water partition coefficient (Wildman–Crippen LogP) is 0.690. The van der Waals surface area contributed by atoms with Crippen molar-refractivity contribution in [3.05, 3.63) is 29.8 Å². The van der Waals surface area contributed by atoms with Crippen LogP contribution in [0.4, 0.5) is 0 Å². The molecule has 0 aliphatic heterocycles. The third-order valence-corrected chi connectivity index (χ3v) is 3.25. The molecule has 0 heterocycles. The normalized spacial score (nSPS) is 12.4. The number of aliphatic imine (C=N–C) groups is 1. The lowest BCUT2D eigenvalue weighted by atomic mass is 10.2. The highest BCUT2D eigenvalue weighted by Gasteiger charge is 2.08. The highest BCUT2D eigenvalue weighted by molar-refractivity contribution is 5.86. The van der Waals surface area contributed by atoms with Crippen LogP contribution in [0.1, 0.15) is 12.5 Å². The minimum atomic E-state index is -0.112. The van der Waals surface area contributed by atoms with Crippen LogP contribution in [0.25, 0.3) is 0 Å². The highest BCUT2D eigenvalue weighted by Crippen LogP contribution is 2.17. The molecule has 7 heteroatoms. The zero-order chi connectivity index (χ0) is 17.8. The lowest BCUT2D eigenvalue weighted by Gasteiger charge is -2.18. The Morgan fingerprint density at radius 3 is 2.67 bits per heavy atom. The third-order valence-electron chi connectivity index (χ3n) is 3.25. The zero-order valence-electron chi connectivity index (χ0n) is 14.9. The molecule has 1 amide bonds. The number of hydrogen-bond acceptors (Lipinski definition) is 4. The van der Waals surface area contributed by atoms with Gasteiger partial charge in [-0.2, -0.15) is 0 Å². The van der Waals surface area contributed by atoms with Gasteiger partial charge in [-0.1, -0.05) is 18.2 Å². The molecule has 0 saturated carbocycles. The van der Waals surface area contributed by atoms with Crippen LogP contribution in [0.5, 0.6) is 5.75 Å². The number of benzene rings is 1. The van der Waals surface area contributed by atoms with Gasteiger partial charge in [0.1, 0.15) is 11.9 Å². The number of methoxy groups -OCH3 is 1. The van der Waals surface area contributed by atoms with Crippen LogP contribution in [-0.4, -0.2) is 58.4 Å². The van der Waals surface area contributed by atoms with Gasteiger partial charge in [-0.3, -0.25) is 9.79 Å². The molecular weight excluding hydrogens is 308 g/mol. The summed E-state index contributed by atoms with van der Waals surface area (Å²) in [7, 11) is 3.25. The molecule has 134 valence electrons. The Bertz CT molecular complexity index is 534. The molecule has 1 aromatic rings. The lowest BCUT2D eigenvalue weighted by molar-refractivity contribution is -0.120. The van der Waals surface area contributed by atoms with Gasteiger partial charge < -0.3 is 25.4 Å². The summed E-state index contributed by atoms with van der Waals surface area (Å²) in [5.41, 5.74) is 1.10. The van der Waals surface area contributed by atoms with E-state index in [2.05, 4.69) is 20.9 Å². The van der Waals surface area contributed by atoms with Crippen molar-refractivity contribution >= 4 is 11.9 Å². The second kappa shape index (κ2) is 11.3. The first kappa shape index (κ1) is 19.8. The second-order valence-corrected chi connectivity index (χ2v) is 5.34. The van der Waals surface area contributed by atoms with Crippen molar-refractivity contribution in [2.75, 3.05) is 40.4 Å². The molecule has 0 spiro atoms. The Labute approximate surface area is 143 Å². The first-order valence-corrected chi connectivity index (χ1v) is 7.99. The number of amides is 1. The number of nitrogens with zero attached hydrogens (tertiary/aromatic N) is 1. The summed E-state index contributed by atoms with van der Waals surface area (Å²) >= 11 is 0. The van der Waals surface area contributed by atoms with Crippen LogP contribution in [0.2, 0.25) is 0 Å². The zero-order valence-corrected chi connectivity index (χ0v) is 14.9. The van der Waals surface area contributed by atoms with Crippen molar-refractivity contribution in [3.63, 3.8) is 0 Å². The number of aryl methyl sites for hydroxylation is 1. The summed E-state index contributed by atoms with van der Waals surface area (Å²) in [6.45, 7) is 5.69. The SMILES string of the molecule is CN=C(NCC(=O)NCCOC)NCC(C)Oc1ccccc1C. The third kappa shape index (κ3) is 7.82. The molecule has 1 rings (SSSR count). The molecule has 7 nitrogen and oxygen atoms in total. The Balaban J connectivity index is 2.30. The number of para-hydroxylation sites is 1. The van der Waals surface area contributed by atoms with Gasteiger partial charge in [0.15, 0.2) is 5.96 Å². The van der Waals surface area contributed by atoms with Gasteiger partial charge in [0.2, 0.25) is 5.91 Å². The fourth-order valence-corrected chi connectivity index (χ4v) is 1.93. The van der Waals surface area contributed by atoms with Crippen molar-refractivity contribution in [1.82, 2.24) is 16.0 Å². The fourth-order valence-electron chi connectivity index (χ4n) is 1.93. The summed E-state index contributed by atoms with van der Waals surface area (Å²) in [5.74, 6) is 1.31. The average molecular weight is 336 g/mol. The number of ether oxygens (including phenoxy) is 2. The number of rotatable bonds is 9. The Morgan fingerprint density at radius 1 is 1.25 bits per heavy atom. The van der Waals surface area contributed by atoms with E-state index >= 15 is 0 Å². The van der Waals surface area contributed by atoms with Crippen LogP contribution in [0.15, 0.2) is 29.3 Å². The van der Waals surface area contributed by atoms with Crippen molar-refractivity contribution in [2.45, 2.75) is 20.0 Å². The average Bonchev–Trinajstić information content (AvgIpc) is 2.57. The van der Waals surface area contributed by atoms with Crippen LogP contribution in [-0.2, 0) is 9.53 Å². The van der Waals surface area contributed by atoms with E-state index in [1.165, 1.54) is 0 Å². The molecule has 3 N–H and O–H groups in total. The first-order valence-electron chi connectivity index (χ1n) is 7.99. The van der Waals surface area contributed by atoms with Crippen molar-refractivity contribution in [2.24, 2.45) is 4.99 Å². The van der Waals surface area contributed by atoms with Gasteiger partial charge in [-0.25, -0.2) is 0 Å². The van der Waals surface area contributed by atoms with Crippen molar-refractivity contribution in [3.8, 4) is 5.75 Å². The van der Waals surface area contributed by atoms with Crippen LogP contribution in [0.3, 0.4) is 0 Å². The van der Waals surface area contributed by atoms with Gasteiger partial charge >= 0.3 is 0 Å². The minimum Gasteiger partial charge on any atom is -0.489 e. The van der Waals surface area contributed by atoms with Gasteiger partial charge in [0.25, 0.3) is 0 Å². The molecule has 0 aromatic heterocycles. The molecule has 0 aliphatic carbocycles. The Hall–Kier alpha value is -2.28. The van der Waals surface area contributed by atoms with E-state index in [9.17, 15) is 4.79 Å². The number of carbonyl (C=O) groups is 1. The standard InChI is InChI=1S/C17H28N4O3/c1-13-7-5-6-8-15(13)24-14(2)11-20-17(18-3)21-12-16(22)19-9-10-23-4/h5-8,14H,9-12H2,1-4H3,(H,19,22)(H2,18,20,21). The quantitative estimate of drug-likeness (QED) is 0.351. The fraction of sp³-hybridized carbons (Fsp3) is 0.529. The smallest absolute Gasteiger partial charge is 0.239 e. The van der Waals surface area contributed by atoms with Gasteiger partial charge in [0, 0.05) is 20.7 Å². The number of hydrogen-bond donors (Lipinski definition) is 3. The number of guanidine groups is 1. The topological polar surface area (TPSA) is 84.0 Å². The monoisotopic (exact) mass is 336 g/mol. The van der Waals surface area contributed by atoms with Gasteiger partial charge in [0.05, 0.1) is 19.7 Å². The van der Waals surface area contributed by atoms with Gasteiger partial charge in [-0.05, 0) is 25.5 Å². The summed E-state index contributed by atoms with van der Waals surface area (Å²) in [5, 5.41) is 8.83. The summed E-state index contributed by atoms with van der Waals surface area (Å²) in [6.07, 6.45) is -0.0415. The van der Waals surface area contributed by atoms with Crippen LogP contribution in [0, 0.1) is 6.92 Å². The molecule has 0 fully saturated rings. The Kier molecular flexibility index (Phi) is 9.29. The van der Waals surface area contributed by atoms with Crippen molar-refractivity contribution in [1.29, 1.82) is 0 Å². The van der Waals surface area contributed by atoms with E-state index in [-0.39, 0.29) is 18.6 Å². The minimum absolute atomic E-state index is 0.0415. The molecule has 1 aromatic carbocycles. The maximum atomic E-state index is 11.6. The molecule has 0 bridgehead atoms. The predicted molar refractivity (Wildman–Crippen MR) is 95.5 cm³/mol. The van der Waals surface area contributed by atoms with Crippen molar-refractivity contribution < 1.29 is 14.3 Å². The van der Waals surface area contributed by atoms with Crippen LogP contribution < -0.4 is 20.7 Å². The van der Waals surface area contributed by atoms with E-state index < -0.39 is 0 Å². The lowest BCUT2D eigenvalue weighted by Crippen LogP contribution is -2.45. The summed E-state index contributed by atoms with van der Waals surface area (Å²) in [6, 6.07) is 7.89. The molecule has 0 aliphatic rings. The summed E-state index contributed by atoms with van der Waals surface area (Å²) < 4.78 is 10.8. The van der Waals surface area contributed by atoms with E-state index in [0.29, 0.717) is 25.7 Å². The maximum Gasteiger partial charge on any atom is 0.239 e. The molecule has 1 unspecified atom stereocenters. The maximum absolute atomic E-state index is 11.6. The van der Waals surface area contributed by atoms with Gasteiger partial charge in [-0.15, -0.1) is 0 Å². The largest absolute Gasteiger partial charge is 0.489 e. The summed E-state index contributed by atoms with van der Waals surface area (Å²) in [4.78, 5) is 15.7. The van der Waals surface area contributed by atoms with E-state index in [1.807, 2.05) is 38.1 Å². The highest BCUT2D eigenvalue weighted by atomic mass is 16.5. The molecule has 0 radical (unpaired) electrons. The number of carbonyl (C=O) groups excluding carboxylic acids is 1. The Morgan fingerprint density at radius 2 is 2.00 bits per heavy atom. The first-order chi connectivity index (χ1) is 11.6. The van der Waals surface area contributed by atoms with E-state index in [0.717, 1.165) is 11.3 Å². The molecule has 1 atom stereocenters. The van der Waals surface area contributed by atoms with Crippen LogP contribution >= 0.6 is 0 Å².